The molecule has 1 rings (SSSR count). The van der Waals surface area contributed by atoms with Crippen LogP contribution in [0.3, 0.4) is 0 Å². The summed E-state index contributed by atoms with van der Waals surface area (Å²) in [5, 5.41) is 4.54. The lowest BCUT2D eigenvalue weighted by Crippen LogP contribution is -2.17. The number of carbonyl (C=O) groups is 1. The van der Waals surface area contributed by atoms with Crippen molar-refractivity contribution in [1.29, 1.82) is 0 Å². The van der Waals surface area contributed by atoms with Crippen LogP contribution in [0.5, 0.6) is 5.88 Å². The zero-order valence-corrected chi connectivity index (χ0v) is 15.4. The van der Waals surface area contributed by atoms with Crippen molar-refractivity contribution in [3.63, 3.8) is 0 Å². The third kappa shape index (κ3) is 6.39. The average molecular weight is 347 g/mol. The lowest BCUT2D eigenvalue weighted by atomic mass is 9.92. The third-order valence-electron chi connectivity index (χ3n) is 3.14. The molecule has 0 unspecified atom stereocenters. The first kappa shape index (κ1) is 19.8. The minimum absolute atomic E-state index is 0.115. The average Bonchev–Trinajstić information content (AvgIpc) is 2.77. The Hall–Kier alpha value is -1.27. The van der Waals surface area contributed by atoms with Crippen molar-refractivity contribution < 1.29 is 19.0 Å². The molecule has 0 saturated heterocycles. The van der Waals surface area contributed by atoms with Crippen LogP contribution in [-0.2, 0) is 16.0 Å². The Kier molecular flexibility index (Phi) is 7.85. The number of rotatable bonds is 9. The number of ether oxygens (including phenoxy) is 3. The van der Waals surface area contributed by atoms with E-state index in [-0.39, 0.29) is 28.6 Å². The molecule has 6 nitrogen and oxygen atoms in total. The monoisotopic (exact) mass is 346 g/mol. The van der Waals surface area contributed by atoms with Crippen molar-refractivity contribution in [2.45, 2.75) is 47.1 Å². The van der Waals surface area contributed by atoms with Crippen molar-refractivity contribution in [2.24, 2.45) is 5.41 Å². The second-order valence-electron chi connectivity index (χ2n) is 6.42. The summed E-state index contributed by atoms with van der Waals surface area (Å²) in [7, 11) is 1.63. The molecule has 0 spiro atoms. The first-order valence-corrected chi connectivity index (χ1v) is 8.23. The second-order valence-corrected chi connectivity index (χ2v) is 6.79. The fourth-order valence-corrected chi connectivity index (χ4v) is 2.15. The Balaban J connectivity index is 2.93. The highest BCUT2D eigenvalue weighted by Crippen LogP contribution is 2.30. The van der Waals surface area contributed by atoms with Gasteiger partial charge in [-0.2, -0.15) is 0 Å². The maximum absolute atomic E-state index is 12.2. The molecule has 0 aromatic carbocycles. The molecule has 0 saturated carbocycles. The van der Waals surface area contributed by atoms with Gasteiger partial charge in [0.2, 0.25) is 0 Å². The number of aromatic nitrogens is 2. The van der Waals surface area contributed by atoms with Gasteiger partial charge in [0.1, 0.15) is 5.02 Å². The van der Waals surface area contributed by atoms with Gasteiger partial charge in [-0.1, -0.05) is 32.4 Å². The van der Waals surface area contributed by atoms with Crippen LogP contribution in [0, 0.1) is 5.41 Å². The largest absolute Gasteiger partial charge is 0.475 e. The van der Waals surface area contributed by atoms with E-state index in [2.05, 4.69) is 25.9 Å². The lowest BCUT2D eigenvalue weighted by Gasteiger charge is -2.18. The number of halogens is 1. The molecule has 0 radical (unpaired) electrons. The Bertz CT molecular complexity index is 509. The number of nitrogens with zero attached hydrogens (tertiary/aromatic N) is 2. The summed E-state index contributed by atoms with van der Waals surface area (Å²) in [6.45, 7) is 10.0. The van der Waals surface area contributed by atoms with Gasteiger partial charge >= 0.3 is 5.97 Å². The van der Waals surface area contributed by atoms with Crippen molar-refractivity contribution in [2.75, 3.05) is 26.9 Å². The van der Waals surface area contributed by atoms with Crippen molar-refractivity contribution in [3.05, 3.63) is 10.7 Å². The first-order valence-electron chi connectivity index (χ1n) is 7.85. The zero-order valence-electron chi connectivity index (χ0n) is 14.6. The quantitative estimate of drug-likeness (QED) is 0.505. The fourth-order valence-electron chi connectivity index (χ4n) is 1.88. The summed E-state index contributed by atoms with van der Waals surface area (Å²) in [6.07, 6.45) is 1.57. The van der Waals surface area contributed by atoms with Gasteiger partial charge in [-0.25, -0.2) is 4.79 Å². The normalized spacial score (nSPS) is 11.6. The van der Waals surface area contributed by atoms with E-state index >= 15 is 0 Å². The van der Waals surface area contributed by atoms with Crippen LogP contribution in [0.1, 0.15) is 51.0 Å². The minimum atomic E-state index is -0.481. The van der Waals surface area contributed by atoms with E-state index in [9.17, 15) is 4.79 Å². The predicted octanol–water partition coefficient (Wildman–Crippen LogP) is 3.56. The van der Waals surface area contributed by atoms with E-state index in [1.165, 1.54) is 0 Å². The molecule has 0 amide bonds. The van der Waals surface area contributed by atoms with Crippen molar-refractivity contribution in [3.8, 4) is 5.88 Å². The first-order chi connectivity index (χ1) is 10.8. The van der Waals surface area contributed by atoms with Gasteiger partial charge in [0.25, 0.3) is 5.88 Å². The lowest BCUT2D eigenvalue weighted by molar-refractivity contribution is 0.0511. The summed E-state index contributed by atoms with van der Waals surface area (Å²) in [4.78, 5) is 12.2. The van der Waals surface area contributed by atoms with E-state index in [1.807, 2.05) is 0 Å². The Morgan fingerprint density at radius 1 is 1.30 bits per heavy atom. The molecule has 132 valence electrons. The molecule has 7 heteroatoms. The standard InChI is InChI=1S/C16H27ClN2O4/c1-6-22-15(20)13-12(17)14(23-11-7-10-21-5)18-19(13)9-8-16(2,3)4/h6-11H2,1-5H3. The van der Waals surface area contributed by atoms with Crippen LogP contribution in [-0.4, -0.2) is 42.7 Å². The highest BCUT2D eigenvalue weighted by Gasteiger charge is 2.25. The van der Waals surface area contributed by atoms with Crippen molar-refractivity contribution in [1.82, 2.24) is 9.78 Å². The molecule has 0 atom stereocenters. The van der Waals surface area contributed by atoms with Crippen LogP contribution in [0.2, 0.25) is 5.02 Å². The topological polar surface area (TPSA) is 62.6 Å². The van der Waals surface area contributed by atoms with E-state index in [1.54, 1.807) is 18.7 Å². The Morgan fingerprint density at radius 3 is 2.57 bits per heavy atom. The van der Waals surface area contributed by atoms with Gasteiger partial charge in [0.15, 0.2) is 5.69 Å². The number of methoxy groups -OCH3 is 1. The van der Waals surface area contributed by atoms with Gasteiger partial charge in [-0.05, 0) is 18.8 Å². The van der Waals surface area contributed by atoms with Crippen LogP contribution in [0.4, 0.5) is 0 Å². The van der Waals surface area contributed by atoms with Crippen molar-refractivity contribution >= 4 is 17.6 Å². The number of carbonyl (C=O) groups excluding carboxylic acids is 1. The summed E-state index contributed by atoms with van der Waals surface area (Å²) in [5.74, 6) is -0.217. The fraction of sp³-hybridized carbons (Fsp3) is 0.750. The molecule has 1 heterocycles. The number of aryl methyl sites for hydroxylation is 1. The molecule has 1 aromatic rings. The maximum Gasteiger partial charge on any atom is 0.358 e. The van der Waals surface area contributed by atoms with Crippen LogP contribution >= 0.6 is 11.6 Å². The Labute approximate surface area is 143 Å². The van der Waals surface area contributed by atoms with Gasteiger partial charge in [-0.3, -0.25) is 4.68 Å². The van der Waals surface area contributed by atoms with E-state index in [0.717, 1.165) is 12.8 Å². The zero-order chi connectivity index (χ0) is 17.5. The molecule has 0 N–H and O–H groups in total. The summed E-state index contributed by atoms with van der Waals surface area (Å²) >= 11 is 6.28. The van der Waals surface area contributed by atoms with E-state index in [4.69, 9.17) is 25.8 Å². The molecule has 0 fully saturated rings. The van der Waals surface area contributed by atoms with E-state index < -0.39 is 5.97 Å². The van der Waals surface area contributed by atoms with E-state index in [0.29, 0.717) is 19.8 Å². The molecular weight excluding hydrogens is 320 g/mol. The third-order valence-corrected chi connectivity index (χ3v) is 3.48. The van der Waals surface area contributed by atoms with Crippen LogP contribution in [0.25, 0.3) is 0 Å². The van der Waals surface area contributed by atoms with Crippen LogP contribution in [0.15, 0.2) is 0 Å². The maximum atomic E-state index is 12.2. The van der Waals surface area contributed by atoms with Gasteiger partial charge in [0, 0.05) is 26.7 Å². The summed E-state index contributed by atoms with van der Waals surface area (Å²) in [5.41, 5.74) is 0.364. The SMILES string of the molecule is CCOC(=O)c1c(Cl)c(OCCCOC)nn1CCC(C)(C)C. The molecule has 0 aliphatic heterocycles. The predicted molar refractivity (Wildman–Crippen MR) is 89.3 cm³/mol. The second kappa shape index (κ2) is 9.13. The Morgan fingerprint density at radius 2 is 2.00 bits per heavy atom. The highest BCUT2D eigenvalue weighted by molar-refractivity contribution is 6.34. The number of hydrogen-bond acceptors (Lipinski definition) is 5. The number of hydrogen-bond donors (Lipinski definition) is 0. The molecule has 0 aliphatic carbocycles. The van der Waals surface area contributed by atoms with Gasteiger partial charge < -0.3 is 14.2 Å². The summed E-state index contributed by atoms with van der Waals surface area (Å²) < 4.78 is 17.2. The molecule has 23 heavy (non-hydrogen) atoms. The highest BCUT2D eigenvalue weighted by atomic mass is 35.5. The molecular formula is C16H27ClN2O4. The molecule has 0 aliphatic rings. The molecule has 1 aromatic heterocycles. The van der Waals surface area contributed by atoms with Gasteiger partial charge in [0.05, 0.1) is 13.2 Å². The summed E-state index contributed by atoms with van der Waals surface area (Å²) in [6, 6.07) is 0. The smallest absolute Gasteiger partial charge is 0.358 e. The minimum Gasteiger partial charge on any atom is -0.475 e. The van der Waals surface area contributed by atoms with Gasteiger partial charge in [-0.15, -0.1) is 5.10 Å². The van der Waals surface area contributed by atoms with Crippen LogP contribution < -0.4 is 4.74 Å². The molecule has 0 bridgehead atoms. The number of esters is 1.